The molecule has 0 amide bonds. The number of hydrogen-bond acceptors (Lipinski definition) is 2. The average Bonchev–Trinajstić information content (AvgIpc) is 2.28. The summed E-state index contributed by atoms with van der Waals surface area (Å²) in [5.41, 5.74) is 8.02. The van der Waals surface area contributed by atoms with Gasteiger partial charge in [-0.25, -0.2) is 0 Å². The van der Waals surface area contributed by atoms with Gasteiger partial charge < -0.3 is 10.5 Å². The zero-order valence-corrected chi connectivity index (χ0v) is 10.2. The first-order valence-corrected chi connectivity index (χ1v) is 5.59. The summed E-state index contributed by atoms with van der Waals surface area (Å²) in [6.45, 7) is 3.83. The molecule has 2 N–H and O–H groups in total. The maximum Gasteiger partial charge on any atom is 0.123 e. The van der Waals surface area contributed by atoms with Gasteiger partial charge in [0.1, 0.15) is 5.75 Å². The average molecular weight is 225 g/mol. The van der Waals surface area contributed by atoms with E-state index in [9.17, 15) is 4.39 Å². The van der Waals surface area contributed by atoms with Gasteiger partial charge in [-0.1, -0.05) is 26.0 Å². The van der Waals surface area contributed by atoms with Crippen LogP contribution in [0.25, 0.3) is 0 Å². The van der Waals surface area contributed by atoms with Crippen LogP contribution in [0.3, 0.4) is 0 Å². The third kappa shape index (κ3) is 2.95. The highest BCUT2D eigenvalue weighted by Gasteiger charge is 2.13. The number of alkyl halides is 1. The van der Waals surface area contributed by atoms with Crippen molar-refractivity contribution in [1.82, 2.24) is 0 Å². The molecule has 0 saturated carbocycles. The van der Waals surface area contributed by atoms with Gasteiger partial charge in [0.2, 0.25) is 0 Å². The summed E-state index contributed by atoms with van der Waals surface area (Å²) in [4.78, 5) is 0. The molecule has 0 aliphatic rings. The molecule has 1 rings (SSSR count). The minimum Gasteiger partial charge on any atom is -0.496 e. The second-order valence-electron chi connectivity index (χ2n) is 4.24. The molecule has 0 aliphatic heterocycles. The lowest BCUT2D eigenvalue weighted by Gasteiger charge is -2.17. The summed E-state index contributed by atoms with van der Waals surface area (Å²) < 4.78 is 17.5. The van der Waals surface area contributed by atoms with Crippen LogP contribution in [0, 0.1) is 0 Å². The molecule has 1 aromatic carbocycles. The summed E-state index contributed by atoms with van der Waals surface area (Å²) in [5.74, 6) is 1.17. The van der Waals surface area contributed by atoms with E-state index in [4.69, 9.17) is 10.5 Å². The number of ether oxygens (including phenoxy) is 1. The molecule has 0 unspecified atom stereocenters. The first kappa shape index (κ1) is 13.0. The zero-order chi connectivity index (χ0) is 12.1. The minimum absolute atomic E-state index is 0.293. The molecule has 0 aromatic heterocycles. The van der Waals surface area contributed by atoms with Crippen molar-refractivity contribution in [3.8, 4) is 5.75 Å². The fourth-order valence-electron chi connectivity index (χ4n) is 1.67. The topological polar surface area (TPSA) is 35.2 Å². The quantitative estimate of drug-likeness (QED) is 0.835. The van der Waals surface area contributed by atoms with Crippen LogP contribution < -0.4 is 10.5 Å². The zero-order valence-electron chi connectivity index (χ0n) is 10.2. The highest BCUT2D eigenvalue weighted by atomic mass is 19.1. The first-order chi connectivity index (χ1) is 7.60. The van der Waals surface area contributed by atoms with Crippen molar-refractivity contribution >= 4 is 0 Å². The van der Waals surface area contributed by atoms with Crippen LogP contribution >= 0.6 is 0 Å². The molecule has 0 radical (unpaired) electrons. The molecular formula is C13H20FNO. The summed E-state index contributed by atoms with van der Waals surface area (Å²) >= 11 is 0. The molecule has 90 valence electrons. The number of benzene rings is 1. The Morgan fingerprint density at radius 2 is 2.06 bits per heavy atom. The molecule has 3 heteroatoms. The third-order valence-electron chi connectivity index (χ3n) is 2.74. The van der Waals surface area contributed by atoms with Gasteiger partial charge in [0.25, 0.3) is 0 Å². The monoisotopic (exact) mass is 225 g/mol. The van der Waals surface area contributed by atoms with Gasteiger partial charge in [-0.3, -0.25) is 4.39 Å². The van der Waals surface area contributed by atoms with E-state index in [0.717, 1.165) is 11.3 Å². The Morgan fingerprint density at radius 3 is 2.56 bits per heavy atom. The minimum atomic E-state index is -0.407. The van der Waals surface area contributed by atoms with E-state index < -0.39 is 6.67 Å². The van der Waals surface area contributed by atoms with Crippen molar-refractivity contribution in [3.05, 3.63) is 29.3 Å². The fourth-order valence-corrected chi connectivity index (χ4v) is 1.67. The molecule has 2 nitrogen and oxygen atoms in total. The van der Waals surface area contributed by atoms with E-state index in [1.165, 1.54) is 5.56 Å². The Hall–Kier alpha value is -1.09. The van der Waals surface area contributed by atoms with Crippen LogP contribution in [-0.4, -0.2) is 13.8 Å². The number of hydrogen-bond donors (Lipinski definition) is 1. The number of rotatable bonds is 5. The van der Waals surface area contributed by atoms with Crippen LogP contribution in [-0.2, 0) is 0 Å². The molecule has 0 fully saturated rings. The van der Waals surface area contributed by atoms with Crippen molar-refractivity contribution in [2.75, 3.05) is 13.8 Å². The second kappa shape index (κ2) is 5.85. The predicted octanol–water partition coefficient (Wildman–Crippen LogP) is 3.18. The number of methoxy groups -OCH3 is 1. The fraction of sp³-hybridized carbons (Fsp3) is 0.538. The van der Waals surface area contributed by atoms with Crippen LogP contribution in [0.5, 0.6) is 5.75 Å². The van der Waals surface area contributed by atoms with Crippen LogP contribution in [0.1, 0.15) is 43.4 Å². The standard InChI is InChI=1S/C13H20FNO/c1-9(2)10-4-5-13(16-3)11(8-10)12(15)6-7-14/h4-5,8-9,12H,6-7,15H2,1-3H3/t12-/m0/s1. The van der Waals surface area contributed by atoms with Crippen molar-refractivity contribution in [3.63, 3.8) is 0 Å². The smallest absolute Gasteiger partial charge is 0.123 e. The van der Waals surface area contributed by atoms with Gasteiger partial charge in [0.05, 0.1) is 13.8 Å². The van der Waals surface area contributed by atoms with E-state index in [1.54, 1.807) is 7.11 Å². The molecule has 0 saturated heterocycles. The maximum absolute atomic E-state index is 12.3. The van der Waals surface area contributed by atoms with Crippen molar-refractivity contribution in [2.24, 2.45) is 5.73 Å². The molecule has 0 aliphatic carbocycles. The van der Waals surface area contributed by atoms with Crippen LogP contribution in [0.15, 0.2) is 18.2 Å². The largest absolute Gasteiger partial charge is 0.496 e. The van der Waals surface area contributed by atoms with Gasteiger partial charge in [-0.05, 0) is 24.0 Å². The summed E-state index contributed by atoms with van der Waals surface area (Å²) in [7, 11) is 1.61. The Bertz CT molecular complexity index is 339. The van der Waals surface area contributed by atoms with Gasteiger partial charge in [-0.2, -0.15) is 0 Å². The first-order valence-electron chi connectivity index (χ1n) is 5.59. The third-order valence-corrected chi connectivity index (χ3v) is 2.74. The van der Waals surface area contributed by atoms with E-state index >= 15 is 0 Å². The Labute approximate surface area is 96.6 Å². The lowest BCUT2D eigenvalue weighted by Crippen LogP contribution is -2.13. The van der Waals surface area contributed by atoms with Crippen molar-refractivity contribution < 1.29 is 9.13 Å². The molecule has 0 spiro atoms. The van der Waals surface area contributed by atoms with Crippen LogP contribution in [0.4, 0.5) is 4.39 Å². The number of nitrogens with two attached hydrogens (primary N) is 1. The number of halogens is 1. The molecule has 1 aromatic rings. The second-order valence-corrected chi connectivity index (χ2v) is 4.24. The lowest BCUT2D eigenvalue weighted by atomic mass is 9.96. The molecule has 0 bridgehead atoms. The normalized spacial score (nSPS) is 12.9. The summed E-state index contributed by atoms with van der Waals surface area (Å²) in [5, 5.41) is 0. The highest BCUT2D eigenvalue weighted by molar-refractivity contribution is 5.40. The molecule has 16 heavy (non-hydrogen) atoms. The van der Waals surface area contributed by atoms with Gasteiger partial charge in [0.15, 0.2) is 0 Å². The van der Waals surface area contributed by atoms with Crippen molar-refractivity contribution in [2.45, 2.75) is 32.2 Å². The summed E-state index contributed by atoms with van der Waals surface area (Å²) in [6.07, 6.45) is 0.331. The molecular weight excluding hydrogens is 205 g/mol. The predicted molar refractivity (Wildman–Crippen MR) is 64.6 cm³/mol. The Morgan fingerprint density at radius 1 is 1.38 bits per heavy atom. The van der Waals surface area contributed by atoms with Gasteiger partial charge >= 0.3 is 0 Å². The molecule has 0 heterocycles. The van der Waals surface area contributed by atoms with Gasteiger partial charge in [0, 0.05) is 11.6 Å². The molecule has 1 atom stereocenters. The Kier molecular flexibility index (Phi) is 4.74. The van der Waals surface area contributed by atoms with E-state index in [-0.39, 0.29) is 6.04 Å². The van der Waals surface area contributed by atoms with E-state index in [2.05, 4.69) is 13.8 Å². The van der Waals surface area contributed by atoms with Crippen molar-refractivity contribution in [1.29, 1.82) is 0 Å². The Balaban J connectivity index is 3.06. The summed E-state index contributed by atoms with van der Waals surface area (Å²) in [6, 6.07) is 5.65. The SMILES string of the molecule is COc1ccc(C(C)C)cc1[C@@H](N)CCF. The van der Waals surface area contributed by atoms with Gasteiger partial charge in [-0.15, -0.1) is 0 Å². The van der Waals surface area contributed by atoms with Crippen LogP contribution in [0.2, 0.25) is 0 Å². The van der Waals surface area contributed by atoms with E-state index in [1.807, 2.05) is 18.2 Å². The maximum atomic E-state index is 12.3. The lowest BCUT2D eigenvalue weighted by molar-refractivity contribution is 0.395. The highest BCUT2D eigenvalue weighted by Crippen LogP contribution is 2.29. The van der Waals surface area contributed by atoms with E-state index in [0.29, 0.717) is 12.3 Å².